The van der Waals surface area contributed by atoms with Crippen LogP contribution in [0, 0.1) is 13.8 Å². The van der Waals surface area contributed by atoms with Gasteiger partial charge in [-0.05, 0) is 49.2 Å². The molecule has 0 saturated carbocycles. The minimum Gasteiger partial charge on any atom is -0.507 e. The van der Waals surface area contributed by atoms with E-state index in [0.717, 1.165) is 17.2 Å². The van der Waals surface area contributed by atoms with Crippen LogP contribution in [-0.4, -0.2) is 34.9 Å². The number of benzene rings is 3. The third-order valence-electron chi connectivity index (χ3n) is 5.43. The van der Waals surface area contributed by atoms with Crippen molar-refractivity contribution in [3.63, 3.8) is 0 Å². The van der Waals surface area contributed by atoms with Crippen LogP contribution in [0.5, 0.6) is 5.75 Å². The number of ketones is 1. The number of rotatable bonds is 7. The highest BCUT2D eigenvalue weighted by Crippen LogP contribution is 2.30. The van der Waals surface area contributed by atoms with Gasteiger partial charge >= 0.3 is 5.91 Å². The second-order valence-electron chi connectivity index (χ2n) is 7.97. The van der Waals surface area contributed by atoms with Gasteiger partial charge in [-0.25, -0.2) is 0 Å². The van der Waals surface area contributed by atoms with E-state index in [9.17, 15) is 24.6 Å². The summed E-state index contributed by atoms with van der Waals surface area (Å²) in [5.74, 6) is -3.14. The zero-order valence-electron chi connectivity index (χ0n) is 19.5. The largest absolute Gasteiger partial charge is 0.507 e. The van der Waals surface area contributed by atoms with Crippen LogP contribution in [0.25, 0.3) is 5.76 Å². The van der Waals surface area contributed by atoms with Crippen molar-refractivity contribution < 1.29 is 29.3 Å². The van der Waals surface area contributed by atoms with Gasteiger partial charge < -0.3 is 14.9 Å². The second kappa shape index (κ2) is 10.7. The number of methoxy groups -OCH3 is 1. The summed E-state index contributed by atoms with van der Waals surface area (Å²) in [6.07, 6.45) is 0.732. The molecule has 4 N–H and O–H groups in total. The summed E-state index contributed by atoms with van der Waals surface area (Å²) in [5.41, 5.74) is 4.70. The molecule has 0 bridgehead atoms. The molecule has 0 saturated heterocycles. The minimum atomic E-state index is -2.14. The molecule has 0 aliphatic carbocycles. The Morgan fingerprint density at radius 1 is 0.800 bits per heavy atom. The van der Waals surface area contributed by atoms with E-state index in [1.807, 2.05) is 19.3 Å². The molecule has 0 unspecified atom stereocenters. The van der Waals surface area contributed by atoms with Crippen LogP contribution in [0.2, 0.25) is 0 Å². The molecule has 3 rings (SSSR count). The van der Waals surface area contributed by atoms with E-state index in [0.29, 0.717) is 11.3 Å². The van der Waals surface area contributed by atoms with Gasteiger partial charge in [-0.15, -0.1) is 0 Å². The maximum Gasteiger partial charge on any atom is 0.310 e. The number of aliphatic hydroxyl groups excluding tert-OH is 1. The molecular weight excluding hydrogens is 448 g/mol. The molecule has 180 valence electrons. The number of amides is 2. The Labute approximate surface area is 202 Å². The maximum atomic E-state index is 13.1. The van der Waals surface area contributed by atoms with E-state index in [1.54, 1.807) is 60.7 Å². The normalized spacial score (nSPS) is 11.5. The summed E-state index contributed by atoms with van der Waals surface area (Å²) in [5, 5.41) is 21.6. The highest BCUT2D eigenvalue weighted by molar-refractivity contribution is 6.41. The van der Waals surface area contributed by atoms with Crippen LogP contribution >= 0.6 is 0 Å². The van der Waals surface area contributed by atoms with E-state index in [1.165, 1.54) is 19.2 Å². The summed E-state index contributed by atoms with van der Waals surface area (Å²) in [6.45, 7) is 3.74. The lowest BCUT2D eigenvalue weighted by Gasteiger charge is -2.28. The Morgan fingerprint density at radius 3 is 1.74 bits per heavy atom. The first-order valence-electron chi connectivity index (χ1n) is 10.7. The quantitative estimate of drug-likeness (QED) is 0.181. The Balaban J connectivity index is 1.77. The Kier molecular flexibility index (Phi) is 7.68. The summed E-state index contributed by atoms with van der Waals surface area (Å²) in [6, 6.07) is 19.6. The lowest BCUT2D eigenvalue weighted by Crippen LogP contribution is -2.53. The molecule has 0 aliphatic heterocycles. The Bertz CT molecular complexity index is 1200. The molecular formula is C27H26N2O6. The molecule has 0 atom stereocenters. The van der Waals surface area contributed by atoms with Gasteiger partial charge in [0.15, 0.2) is 5.60 Å². The van der Waals surface area contributed by atoms with Crippen molar-refractivity contribution in [3.8, 4) is 5.75 Å². The number of hydrogen-bond donors (Lipinski definition) is 4. The fourth-order valence-corrected chi connectivity index (χ4v) is 3.32. The van der Waals surface area contributed by atoms with Crippen LogP contribution in [0.3, 0.4) is 0 Å². The molecule has 0 aliphatic rings. The molecule has 3 aromatic rings. The molecule has 0 spiro atoms. The zero-order valence-corrected chi connectivity index (χ0v) is 19.5. The number of hydrazine groups is 1. The van der Waals surface area contributed by atoms with Crippen LogP contribution in [-0.2, 0) is 20.0 Å². The third kappa shape index (κ3) is 5.74. The average Bonchev–Trinajstić information content (AvgIpc) is 2.87. The van der Waals surface area contributed by atoms with E-state index in [-0.39, 0.29) is 11.1 Å². The summed E-state index contributed by atoms with van der Waals surface area (Å²) >= 11 is 0. The fraction of sp³-hybridized carbons (Fsp3) is 0.148. The maximum absolute atomic E-state index is 13.1. The smallest absolute Gasteiger partial charge is 0.310 e. The van der Waals surface area contributed by atoms with Gasteiger partial charge in [0.25, 0.3) is 5.91 Å². The predicted molar refractivity (Wildman–Crippen MR) is 130 cm³/mol. The summed E-state index contributed by atoms with van der Waals surface area (Å²) in [4.78, 5) is 37.6. The standard InChI is InChI=1S/C27H26N2O6/c1-17-4-10-20(11-5-17)27(34,21-12-6-18(2)7-13-21)26(33)29-28-25(32)24(31)16-23(30)19-8-14-22(35-3)15-9-19/h4-16,30,34H,1-3H3,(H,28,32)(H,29,33). The minimum absolute atomic E-state index is 0.280. The summed E-state index contributed by atoms with van der Waals surface area (Å²) < 4.78 is 5.03. The van der Waals surface area contributed by atoms with Crippen molar-refractivity contribution in [2.45, 2.75) is 19.4 Å². The monoisotopic (exact) mass is 474 g/mol. The van der Waals surface area contributed by atoms with E-state index >= 15 is 0 Å². The number of ether oxygens (including phenoxy) is 1. The van der Waals surface area contributed by atoms with E-state index in [2.05, 4.69) is 5.43 Å². The Morgan fingerprint density at radius 2 is 1.29 bits per heavy atom. The number of carbonyl (C=O) groups is 3. The van der Waals surface area contributed by atoms with Crippen molar-refractivity contribution in [2.24, 2.45) is 0 Å². The number of nitrogens with one attached hydrogen (secondary N) is 2. The molecule has 8 nitrogen and oxygen atoms in total. The first-order valence-corrected chi connectivity index (χ1v) is 10.7. The van der Waals surface area contributed by atoms with Crippen LogP contribution in [0.4, 0.5) is 0 Å². The lowest BCUT2D eigenvalue weighted by atomic mass is 9.85. The fourth-order valence-electron chi connectivity index (χ4n) is 3.32. The first kappa shape index (κ1) is 25.2. The van der Waals surface area contributed by atoms with E-state index in [4.69, 9.17) is 4.74 Å². The van der Waals surface area contributed by atoms with Crippen molar-refractivity contribution in [3.05, 3.63) is 107 Å². The zero-order chi connectivity index (χ0) is 25.6. The van der Waals surface area contributed by atoms with Crippen molar-refractivity contribution in [1.29, 1.82) is 0 Å². The van der Waals surface area contributed by atoms with Gasteiger partial charge in [0.2, 0.25) is 5.78 Å². The highest BCUT2D eigenvalue weighted by atomic mass is 16.5. The summed E-state index contributed by atoms with van der Waals surface area (Å²) in [7, 11) is 1.49. The number of aryl methyl sites for hydroxylation is 2. The van der Waals surface area contributed by atoms with Crippen LogP contribution in [0.1, 0.15) is 27.8 Å². The molecule has 2 amide bonds. The molecule has 0 fully saturated rings. The molecule has 8 heteroatoms. The average molecular weight is 475 g/mol. The lowest BCUT2D eigenvalue weighted by molar-refractivity contribution is -0.142. The number of carbonyl (C=O) groups excluding carboxylic acids is 3. The van der Waals surface area contributed by atoms with Gasteiger partial charge in [0.05, 0.1) is 7.11 Å². The second-order valence-corrected chi connectivity index (χ2v) is 7.97. The van der Waals surface area contributed by atoms with Crippen LogP contribution < -0.4 is 15.6 Å². The van der Waals surface area contributed by atoms with Crippen LogP contribution in [0.15, 0.2) is 78.9 Å². The molecule has 0 aromatic heterocycles. The van der Waals surface area contributed by atoms with Gasteiger partial charge in [0, 0.05) is 11.6 Å². The molecule has 0 heterocycles. The van der Waals surface area contributed by atoms with Crippen molar-refractivity contribution in [2.75, 3.05) is 7.11 Å². The van der Waals surface area contributed by atoms with Crippen molar-refractivity contribution in [1.82, 2.24) is 10.9 Å². The SMILES string of the molecule is COc1ccc(C(O)=CC(=O)C(=O)NNC(=O)C(O)(c2ccc(C)cc2)c2ccc(C)cc2)cc1. The van der Waals surface area contributed by atoms with Crippen molar-refractivity contribution >= 4 is 23.4 Å². The first-order chi connectivity index (χ1) is 16.6. The van der Waals surface area contributed by atoms with E-state index < -0.39 is 29.0 Å². The Hall–Kier alpha value is -4.43. The number of hydrogen-bond acceptors (Lipinski definition) is 6. The predicted octanol–water partition coefficient (Wildman–Crippen LogP) is 2.86. The highest BCUT2D eigenvalue weighted by Gasteiger charge is 2.40. The van der Waals surface area contributed by atoms with Gasteiger partial charge in [-0.3, -0.25) is 25.2 Å². The van der Waals surface area contributed by atoms with Gasteiger partial charge in [-0.1, -0.05) is 59.7 Å². The molecule has 3 aromatic carbocycles. The topological polar surface area (TPSA) is 125 Å². The van der Waals surface area contributed by atoms with Gasteiger partial charge in [-0.2, -0.15) is 0 Å². The van der Waals surface area contributed by atoms with Gasteiger partial charge in [0.1, 0.15) is 11.5 Å². The molecule has 35 heavy (non-hydrogen) atoms. The molecule has 0 radical (unpaired) electrons. The third-order valence-corrected chi connectivity index (χ3v) is 5.43. The number of aliphatic hydroxyl groups is 2.